The van der Waals surface area contributed by atoms with E-state index in [1.807, 2.05) is 13.1 Å². The molecule has 0 bridgehead atoms. The fourth-order valence-corrected chi connectivity index (χ4v) is 3.53. The molecule has 0 amide bonds. The van der Waals surface area contributed by atoms with Crippen LogP contribution in [0.25, 0.3) is 0 Å². The smallest absolute Gasteiger partial charge is 0.0995 e. The fourth-order valence-electron chi connectivity index (χ4n) is 2.00. The van der Waals surface area contributed by atoms with Gasteiger partial charge in [-0.05, 0) is 30.7 Å². The molecule has 1 unspecified atom stereocenters. The Labute approximate surface area is 122 Å². The van der Waals surface area contributed by atoms with Crippen LogP contribution < -0.4 is 5.32 Å². The molecule has 0 saturated carbocycles. The van der Waals surface area contributed by atoms with E-state index in [1.54, 1.807) is 0 Å². The average molecular weight is 300 g/mol. The van der Waals surface area contributed by atoms with Gasteiger partial charge in [0.05, 0.1) is 14.7 Å². The number of benzene rings is 1. The van der Waals surface area contributed by atoms with Crippen LogP contribution in [0.1, 0.15) is 29.7 Å². The topological polar surface area (TPSA) is 12.0 Å². The summed E-state index contributed by atoms with van der Waals surface area (Å²) in [6.07, 6.45) is 1.05. The third kappa shape index (κ3) is 2.89. The zero-order valence-corrected chi connectivity index (χ0v) is 12.7. The molecule has 0 aliphatic carbocycles. The lowest BCUT2D eigenvalue weighted by molar-refractivity contribution is 0.694. The van der Waals surface area contributed by atoms with Crippen LogP contribution in [0, 0.1) is 0 Å². The first-order valence-electron chi connectivity index (χ1n) is 5.86. The summed E-state index contributed by atoms with van der Waals surface area (Å²) < 4.78 is 1.47. The van der Waals surface area contributed by atoms with E-state index in [0.717, 1.165) is 20.7 Å². The van der Waals surface area contributed by atoms with Crippen LogP contribution in [-0.4, -0.2) is 7.05 Å². The van der Waals surface area contributed by atoms with E-state index in [0.29, 0.717) is 0 Å². The molecule has 0 fully saturated rings. The maximum atomic E-state index is 6.22. The Morgan fingerprint density at radius 2 is 1.89 bits per heavy atom. The summed E-state index contributed by atoms with van der Waals surface area (Å²) in [7, 11) is 1.93. The lowest BCUT2D eigenvalue weighted by Crippen LogP contribution is -2.17. The van der Waals surface area contributed by atoms with Gasteiger partial charge in [0.25, 0.3) is 0 Å². The number of hydrogen-bond acceptors (Lipinski definition) is 2. The number of thiophene rings is 1. The van der Waals surface area contributed by atoms with Crippen molar-refractivity contribution in [1.29, 1.82) is 0 Å². The van der Waals surface area contributed by atoms with Crippen LogP contribution in [0.15, 0.2) is 30.3 Å². The van der Waals surface area contributed by atoms with Crippen LogP contribution >= 0.6 is 34.5 Å². The number of aryl methyl sites for hydroxylation is 1. The minimum atomic E-state index is 0.0900. The molecule has 4 heteroatoms. The Balaban J connectivity index is 2.35. The van der Waals surface area contributed by atoms with Crippen LogP contribution in [-0.2, 0) is 6.42 Å². The first kappa shape index (κ1) is 13.9. The van der Waals surface area contributed by atoms with Crippen molar-refractivity contribution in [1.82, 2.24) is 5.32 Å². The summed E-state index contributed by atoms with van der Waals surface area (Å²) in [6, 6.07) is 10.6. The molecule has 1 N–H and O–H groups in total. The number of hydrogen-bond donors (Lipinski definition) is 1. The average Bonchev–Trinajstić information content (AvgIpc) is 2.70. The molecule has 1 aromatic heterocycles. The van der Waals surface area contributed by atoms with Gasteiger partial charge in [0.15, 0.2) is 0 Å². The molecule has 18 heavy (non-hydrogen) atoms. The van der Waals surface area contributed by atoms with Gasteiger partial charge in [-0.2, -0.15) is 0 Å². The van der Waals surface area contributed by atoms with Gasteiger partial charge in [-0.15, -0.1) is 11.3 Å². The molecule has 0 radical (unpaired) electrons. The maximum Gasteiger partial charge on any atom is 0.0995 e. The molecule has 0 saturated heterocycles. The number of rotatable bonds is 4. The lowest BCUT2D eigenvalue weighted by Gasteiger charge is -2.16. The summed E-state index contributed by atoms with van der Waals surface area (Å²) in [4.78, 5) is 0. The summed E-state index contributed by atoms with van der Waals surface area (Å²) in [5.74, 6) is 0. The van der Waals surface area contributed by atoms with Gasteiger partial charge in [-0.1, -0.05) is 54.4 Å². The Kier molecular flexibility index (Phi) is 4.68. The first-order chi connectivity index (χ1) is 8.65. The summed E-state index contributed by atoms with van der Waals surface area (Å²) >= 11 is 13.6. The molecule has 0 spiro atoms. The molecule has 2 aromatic rings. The second kappa shape index (κ2) is 6.07. The normalized spacial score (nSPS) is 12.7. The Morgan fingerprint density at radius 3 is 2.33 bits per heavy atom. The summed E-state index contributed by atoms with van der Waals surface area (Å²) in [6.45, 7) is 2.15. The van der Waals surface area contributed by atoms with E-state index in [9.17, 15) is 0 Å². The first-order valence-corrected chi connectivity index (χ1v) is 7.43. The van der Waals surface area contributed by atoms with Crippen molar-refractivity contribution >= 4 is 34.5 Å². The van der Waals surface area contributed by atoms with Gasteiger partial charge in [0.1, 0.15) is 0 Å². The summed E-state index contributed by atoms with van der Waals surface area (Å²) in [5.41, 5.74) is 3.58. The van der Waals surface area contributed by atoms with E-state index in [4.69, 9.17) is 23.2 Å². The lowest BCUT2D eigenvalue weighted by atomic mass is 9.99. The van der Waals surface area contributed by atoms with E-state index in [1.165, 1.54) is 22.5 Å². The van der Waals surface area contributed by atoms with Gasteiger partial charge >= 0.3 is 0 Å². The zero-order chi connectivity index (χ0) is 13.1. The second-order valence-corrected chi connectivity index (χ2v) is 6.38. The van der Waals surface area contributed by atoms with Gasteiger partial charge < -0.3 is 5.32 Å². The van der Waals surface area contributed by atoms with Crippen LogP contribution in [0.2, 0.25) is 8.67 Å². The minimum absolute atomic E-state index is 0.0900. The van der Waals surface area contributed by atoms with Crippen LogP contribution in [0.5, 0.6) is 0 Å². The van der Waals surface area contributed by atoms with Crippen molar-refractivity contribution in [3.8, 4) is 0 Å². The zero-order valence-electron chi connectivity index (χ0n) is 10.3. The minimum Gasteiger partial charge on any atom is -0.309 e. The largest absolute Gasteiger partial charge is 0.309 e. The molecule has 1 aromatic carbocycles. The van der Waals surface area contributed by atoms with Crippen molar-refractivity contribution in [2.75, 3.05) is 7.05 Å². The van der Waals surface area contributed by atoms with Gasteiger partial charge in [-0.3, -0.25) is 0 Å². The third-order valence-electron chi connectivity index (χ3n) is 3.00. The van der Waals surface area contributed by atoms with Crippen LogP contribution in [0.4, 0.5) is 0 Å². The highest BCUT2D eigenvalue weighted by atomic mass is 35.5. The molecule has 2 rings (SSSR count). The molecule has 96 valence electrons. The predicted octanol–water partition coefficient (Wildman–Crippen LogP) is 4.93. The molecule has 1 heterocycles. The monoisotopic (exact) mass is 299 g/mol. The predicted molar refractivity (Wildman–Crippen MR) is 81.1 cm³/mol. The molecule has 0 aliphatic rings. The SMILES string of the molecule is CCc1ccc(C(NC)c2cc(Cl)sc2Cl)cc1. The highest BCUT2D eigenvalue weighted by Crippen LogP contribution is 2.37. The van der Waals surface area contributed by atoms with Gasteiger partial charge in [0.2, 0.25) is 0 Å². The molecule has 1 nitrogen and oxygen atoms in total. The molecular weight excluding hydrogens is 285 g/mol. The highest BCUT2D eigenvalue weighted by Gasteiger charge is 2.17. The van der Waals surface area contributed by atoms with E-state index < -0.39 is 0 Å². The number of nitrogens with one attached hydrogen (secondary N) is 1. The van der Waals surface area contributed by atoms with E-state index in [-0.39, 0.29) is 6.04 Å². The molecular formula is C14H15Cl2NS. The van der Waals surface area contributed by atoms with Crippen molar-refractivity contribution in [2.45, 2.75) is 19.4 Å². The molecule has 0 aliphatic heterocycles. The number of halogens is 2. The van der Waals surface area contributed by atoms with Crippen LogP contribution in [0.3, 0.4) is 0 Å². The van der Waals surface area contributed by atoms with Crippen molar-refractivity contribution in [3.05, 3.63) is 55.7 Å². The van der Waals surface area contributed by atoms with Gasteiger partial charge in [-0.25, -0.2) is 0 Å². The third-order valence-corrected chi connectivity index (χ3v) is 4.52. The molecule has 1 atom stereocenters. The highest BCUT2D eigenvalue weighted by molar-refractivity contribution is 7.20. The quantitative estimate of drug-likeness (QED) is 0.844. The Hall–Kier alpha value is -0.540. The Bertz CT molecular complexity index is 519. The fraction of sp³-hybridized carbons (Fsp3) is 0.286. The van der Waals surface area contributed by atoms with Crippen molar-refractivity contribution < 1.29 is 0 Å². The second-order valence-electron chi connectivity index (χ2n) is 4.10. The van der Waals surface area contributed by atoms with Crippen molar-refractivity contribution in [2.24, 2.45) is 0 Å². The van der Waals surface area contributed by atoms with Crippen molar-refractivity contribution in [3.63, 3.8) is 0 Å². The van der Waals surface area contributed by atoms with E-state index in [2.05, 4.69) is 36.5 Å². The maximum absolute atomic E-state index is 6.22. The summed E-state index contributed by atoms with van der Waals surface area (Å²) in [5, 5.41) is 3.29. The van der Waals surface area contributed by atoms with E-state index >= 15 is 0 Å². The van der Waals surface area contributed by atoms with Gasteiger partial charge in [0, 0.05) is 5.56 Å². The Morgan fingerprint density at radius 1 is 1.22 bits per heavy atom. The standard InChI is InChI=1S/C14H15Cl2NS/c1-3-9-4-6-10(7-5-9)13(17-2)11-8-12(15)18-14(11)16/h4-8,13,17H,3H2,1-2H3.